The first-order valence-electron chi connectivity index (χ1n) is 10.2. The first kappa shape index (κ1) is 21.6. The van der Waals surface area contributed by atoms with Crippen molar-refractivity contribution in [1.82, 2.24) is 14.9 Å². The third-order valence-electron chi connectivity index (χ3n) is 5.44. The van der Waals surface area contributed by atoms with Gasteiger partial charge in [0.05, 0.1) is 11.1 Å². The topological polar surface area (TPSA) is 107 Å². The Bertz CT molecular complexity index is 1190. The van der Waals surface area contributed by atoms with Crippen LogP contribution in [0, 0.1) is 5.92 Å². The highest BCUT2D eigenvalue weighted by molar-refractivity contribution is 7.99. The Morgan fingerprint density at radius 2 is 2.10 bits per heavy atom. The lowest BCUT2D eigenvalue weighted by molar-refractivity contribution is -0.117. The van der Waals surface area contributed by atoms with Gasteiger partial charge in [-0.25, -0.2) is 9.78 Å². The highest BCUT2D eigenvalue weighted by Crippen LogP contribution is 2.36. The number of aryl methyl sites for hydroxylation is 2. The molecule has 0 radical (unpaired) electrons. The van der Waals surface area contributed by atoms with Gasteiger partial charge in [0.2, 0.25) is 5.91 Å². The molecule has 1 atom stereocenters. The minimum atomic E-state index is -0.893. The second-order valence-electron chi connectivity index (χ2n) is 7.82. The van der Waals surface area contributed by atoms with Crippen molar-refractivity contribution in [2.24, 2.45) is 11.7 Å². The minimum absolute atomic E-state index is 0.0473. The molecule has 1 aliphatic rings. The summed E-state index contributed by atoms with van der Waals surface area (Å²) in [6, 6.07) is 9.06. The number of urea groups is 1. The summed E-state index contributed by atoms with van der Waals surface area (Å²) in [5.41, 5.74) is 7.24. The number of carbonyl (C=O) groups excluding carboxylic acids is 2. The lowest BCUT2D eigenvalue weighted by Crippen LogP contribution is -2.36. The van der Waals surface area contributed by atoms with E-state index in [0.717, 1.165) is 52.4 Å². The SMILES string of the molecule is CC1CCc2c(sc3nc(SCC(=O)NC(N)=O)n(CCc4ccccc4)c(=O)c23)C1. The van der Waals surface area contributed by atoms with Crippen LogP contribution in [0.3, 0.4) is 0 Å². The van der Waals surface area contributed by atoms with Crippen LogP contribution in [0.25, 0.3) is 10.2 Å². The summed E-state index contributed by atoms with van der Waals surface area (Å²) in [5, 5.41) is 3.27. The van der Waals surface area contributed by atoms with Crippen molar-refractivity contribution in [1.29, 1.82) is 0 Å². The number of aromatic nitrogens is 2. The van der Waals surface area contributed by atoms with Crippen molar-refractivity contribution >= 4 is 45.3 Å². The van der Waals surface area contributed by atoms with E-state index in [0.29, 0.717) is 24.0 Å². The number of hydrogen-bond donors (Lipinski definition) is 2. The summed E-state index contributed by atoms with van der Waals surface area (Å²) in [5.74, 6) is 0.0434. The molecule has 4 rings (SSSR count). The van der Waals surface area contributed by atoms with Crippen LogP contribution in [0.5, 0.6) is 0 Å². The maximum atomic E-state index is 13.5. The molecule has 3 N–H and O–H groups in total. The fourth-order valence-electron chi connectivity index (χ4n) is 3.90. The first-order chi connectivity index (χ1) is 14.9. The molecule has 7 nitrogen and oxygen atoms in total. The maximum Gasteiger partial charge on any atom is 0.318 e. The Kier molecular flexibility index (Phi) is 6.43. The Labute approximate surface area is 188 Å². The van der Waals surface area contributed by atoms with Crippen molar-refractivity contribution in [3.8, 4) is 0 Å². The molecule has 9 heteroatoms. The number of nitrogens with two attached hydrogens (primary N) is 1. The zero-order chi connectivity index (χ0) is 22.0. The molecule has 0 saturated carbocycles. The normalized spacial score (nSPS) is 15.6. The molecule has 1 aliphatic carbocycles. The fourth-order valence-corrected chi connectivity index (χ4v) is 6.15. The van der Waals surface area contributed by atoms with Crippen LogP contribution in [0.15, 0.2) is 40.3 Å². The summed E-state index contributed by atoms with van der Waals surface area (Å²) in [6.45, 7) is 2.70. The summed E-state index contributed by atoms with van der Waals surface area (Å²) in [6.07, 6.45) is 3.63. The van der Waals surface area contributed by atoms with Crippen LogP contribution >= 0.6 is 23.1 Å². The molecule has 162 valence electrons. The molecule has 2 heterocycles. The third-order valence-corrected chi connectivity index (χ3v) is 7.57. The number of rotatable bonds is 6. The van der Waals surface area contributed by atoms with Gasteiger partial charge in [0.15, 0.2) is 5.16 Å². The van der Waals surface area contributed by atoms with Gasteiger partial charge in [-0.3, -0.25) is 19.5 Å². The standard InChI is InChI=1S/C22H24N4O3S2/c1-13-7-8-15-16(11-13)31-19-18(15)20(28)26(10-9-14-5-3-2-4-6-14)22(25-19)30-12-17(27)24-21(23)29/h2-6,13H,7-12H2,1H3,(H3,23,24,27,29). The number of nitrogens with zero attached hydrogens (tertiary/aromatic N) is 2. The maximum absolute atomic E-state index is 13.5. The van der Waals surface area contributed by atoms with E-state index in [9.17, 15) is 14.4 Å². The second-order valence-corrected chi connectivity index (χ2v) is 9.85. The van der Waals surface area contributed by atoms with E-state index in [-0.39, 0.29) is 11.3 Å². The fraction of sp³-hybridized carbons (Fsp3) is 0.364. The third kappa shape index (κ3) is 4.83. The molecule has 0 aliphatic heterocycles. The summed E-state index contributed by atoms with van der Waals surface area (Å²) in [7, 11) is 0. The number of thiophene rings is 1. The predicted octanol–water partition coefficient (Wildman–Crippen LogP) is 3.11. The summed E-state index contributed by atoms with van der Waals surface area (Å²) in [4.78, 5) is 43.2. The van der Waals surface area contributed by atoms with E-state index in [1.165, 1.54) is 4.88 Å². The number of imide groups is 1. The lowest BCUT2D eigenvalue weighted by atomic mass is 9.89. The highest BCUT2D eigenvalue weighted by atomic mass is 32.2. The summed E-state index contributed by atoms with van der Waals surface area (Å²) >= 11 is 2.73. The molecule has 0 bridgehead atoms. The van der Waals surface area contributed by atoms with E-state index < -0.39 is 11.9 Å². The first-order valence-corrected chi connectivity index (χ1v) is 12.0. The van der Waals surface area contributed by atoms with E-state index in [2.05, 4.69) is 12.2 Å². The molecule has 0 spiro atoms. The van der Waals surface area contributed by atoms with Gasteiger partial charge in [-0.05, 0) is 42.7 Å². The zero-order valence-corrected chi connectivity index (χ0v) is 18.9. The van der Waals surface area contributed by atoms with Crippen LogP contribution in [0.4, 0.5) is 4.79 Å². The van der Waals surface area contributed by atoms with Gasteiger partial charge < -0.3 is 5.73 Å². The Balaban J connectivity index is 1.71. The van der Waals surface area contributed by atoms with Gasteiger partial charge in [-0.2, -0.15) is 0 Å². The van der Waals surface area contributed by atoms with Crippen molar-refractivity contribution in [3.05, 3.63) is 56.7 Å². The molecule has 2 aromatic heterocycles. The van der Waals surface area contributed by atoms with Crippen LogP contribution in [-0.2, 0) is 30.6 Å². The van der Waals surface area contributed by atoms with Crippen LogP contribution in [0.1, 0.15) is 29.3 Å². The number of thioether (sulfide) groups is 1. The van der Waals surface area contributed by atoms with Gasteiger partial charge in [0, 0.05) is 11.4 Å². The minimum Gasteiger partial charge on any atom is -0.351 e. The highest BCUT2D eigenvalue weighted by Gasteiger charge is 2.25. The van der Waals surface area contributed by atoms with Crippen molar-refractivity contribution in [3.63, 3.8) is 0 Å². The monoisotopic (exact) mass is 456 g/mol. The van der Waals surface area contributed by atoms with E-state index in [4.69, 9.17) is 10.7 Å². The molecule has 0 fully saturated rings. The molecule has 31 heavy (non-hydrogen) atoms. The molecular weight excluding hydrogens is 432 g/mol. The number of fused-ring (bicyclic) bond motifs is 3. The number of benzene rings is 1. The number of hydrogen-bond acceptors (Lipinski definition) is 6. The molecule has 3 amide bonds. The van der Waals surface area contributed by atoms with Crippen LogP contribution in [0.2, 0.25) is 0 Å². The predicted molar refractivity (Wildman–Crippen MR) is 124 cm³/mol. The molecule has 3 aromatic rings. The van der Waals surface area contributed by atoms with Crippen molar-refractivity contribution in [2.75, 3.05) is 5.75 Å². The number of nitrogens with one attached hydrogen (secondary N) is 1. The van der Waals surface area contributed by atoms with Gasteiger partial charge in [-0.1, -0.05) is 49.0 Å². The van der Waals surface area contributed by atoms with Crippen molar-refractivity contribution < 1.29 is 9.59 Å². The summed E-state index contributed by atoms with van der Waals surface area (Å²) < 4.78 is 1.67. The van der Waals surface area contributed by atoms with Gasteiger partial charge in [-0.15, -0.1) is 11.3 Å². The van der Waals surface area contributed by atoms with Gasteiger partial charge in [0.1, 0.15) is 4.83 Å². The lowest BCUT2D eigenvalue weighted by Gasteiger charge is -2.17. The zero-order valence-electron chi connectivity index (χ0n) is 17.2. The van der Waals surface area contributed by atoms with Crippen LogP contribution < -0.4 is 16.6 Å². The number of amides is 3. The van der Waals surface area contributed by atoms with E-state index >= 15 is 0 Å². The van der Waals surface area contributed by atoms with E-state index in [1.807, 2.05) is 30.3 Å². The average molecular weight is 457 g/mol. The van der Waals surface area contributed by atoms with Crippen molar-refractivity contribution in [2.45, 2.75) is 44.3 Å². The molecule has 0 saturated heterocycles. The molecular formula is C22H24N4O3S2. The Morgan fingerprint density at radius 1 is 1.32 bits per heavy atom. The number of primary amides is 1. The smallest absolute Gasteiger partial charge is 0.318 e. The average Bonchev–Trinajstić information content (AvgIpc) is 3.09. The molecule has 1 aromatic carbocycles. The second kappa shape index (κ2) is 9.23. The number of carbonyl (C=O) groups is 2. The Morgan fingerprint density at radius 3 is 2.84 bits per heavy atom. The van der Waals surface area contributed by atoms with Gasteiger partial charge in [0.25, 0.3) is 5.56 Å². The molecule has 1 unspecified atom stereocenters. The van der Waals surface area contributed by atoms with Gasteiger partial charge >= 0.3 is 6.03 Å². The van der Waals surface area contributed by atoms with E-state index in [1.54, 1.807) is 15.9 Å². The Hall–Kier alpha value is -2.65. The van der Waals surface area contributed by atoms with Crippen LogP contribution in [-0.4, -0.2) is 27.2 Å². The quantitative estimate of drug-likeness (QED) is 0.438. The largest absolute Gasteiger partial charge is 0.351 e.